The Morgan fingerprint density at radius 3 is 2.57 bits per heavy atom. The number of benzene rings is 2. The summed E-state index contributed by atoms with van der Waals surface area (Å²) in [6.45, 7) is 4.86. The van der Waals surface area contributed by atoms with Crippen molar-refractivity contribution in [2.45, 2.75) is 25.8 Å². The van der Waals surface area contributed by atoms with Crippen molar-refractivity contribution >= 4 is 11.6 Å². The molecule has 1 aliphatic rings. The molecular formula is C25H27FN2O2. The van der Waals surface area contributed by atoms with Crippen LogP contribution in [-0.4, -0.2) is 36.5 Å². The number of amides is 1. The molecule has 3 aromatic rings. The highest BCUT2D eigenvalue weighted by atomic mass is 19.1. The lowest BCUT2D eigenvalue weighted by Gasteiger charge is -2.42. The lowest BCUT2D eigenvalue weighted by atomic mass is 9.91. The second-order valence-corrected chi connectivity index (χ2v) is 7.97. The third-order valence-corrected chi connectivity index (χ3v) is 5.90. The van der Waals surface area contributed by atoms with Gasteiger partial charge in [-0.1, -0.05) is 49.4 Å². The molecule has 2 atom stereocenters. The number of furan rings is 1. The van der Waals surface area contributed by atoms with Gasteiger partial charge in [-0.05, 0) is 48.6 Å². The van der Waals surface area contributed by atoms with E-state index < -0.39 is 5.82 Å². The summed E-state index contributed by atoms with van der Waals surface area (Å²) in [6, 6.07) is 20.2. The Bertz CT molecular complexity index is 958. The second-order valence-electron chi connectivity index (χ2n) is 7.97. The zero-order chi connectivity index (χ0) is 20.9. The number of rotatable bonds is 6. The first-order valence-electron chi connectivity index (χ1n) is 10.5. The summed E-state index contributed by atoms with van der Waals surface area (Å²) in [5.41, 5.74) is 1.64. The van der Waals surface area contributed by atoms with Gasteiger partial charge in [-0.3, -0.25) is 9.69 Å². The number of carbonyl (C=O) groups is 1. The van der Waals surface area contributed by atoms with Crippen molar-refractivity contribution in [1.82, 2.24) is 4.90 Å². The zero-order valence-electron chi connectivity index (χ0n) is 17.2. The van der Waals surface area contributed by atoms with Gasteiger partial charge < -0.3 is 9.32 Å². The van der Waals surface area contributed by atoms with Crippen molar-refractivity contribution in [3.8, 4) is 0 Å². The molecule has 30 heavy (non-hydrogen) atoms. The van der Waals surface area contributed by atoms with Gasteiger partial charge in [0, 0.05) is 25.7 Å². The van der Waals surface area contributed by atoms with Crippen LogP contribution in [0, 0.1) is 11.7 Å². The molecule has 0 spiro atoms. The third kappa shape index (κ3) is 4.46. The average Bonchev–Trinajstić information content (AvgIpc) is 3.31. The fourth-order valence-electron chi connectivity index (χ4n) is 4.34. The highest BCUT2D eigenvalue weighted by molar-refractivity contribution is 6.04. The molecule has 1 aliphatic heterocycles. The summed E-state index contributed by atoms with van der Waals surface area (Å²) >= 11 is 0. The van der Waals surface area contributed by atoms with Crippen LogP contribution in [0.25, 0.3) is 0 Å². The zero-order valence-corrected chi connectivity index (χ0v) is 17.2. The Hall–Kier alpha value is -2.92. The summed E-state index contributed by atoms with van der Waals surface area (Å²) in [5, 5.41) is 0. The average molecular weight is 407 g/mol. The molecule has 1 saturated heterocycles. The van der Waals surface area contributed by atoms with Crippen LogP contribution in [-0.2, 0) is 6.42 Å². The van der Waals surface area contributed by atoms with Gasteiger partial charge in [-0.15, -0.1) is 0 Å². The maximum atomic E-state index is 14.7. The van der Waals surface area contributed by atoms with E-state index in [0.717, 1.165) is 32.5 Å². The molecule has 2 heterocycles. The van der Waals surface area contributed by atoms with Gasteiger partial charge in [0.15, 0.2) is 5.76 Å². The minimum absolute atomic E-state index is 0.0903. The molecule has 0 saturated carbocycles. The number of hydrogen-bond acceptors (Lipinski definition) is 3. The van der Waals surface area contributed by atoms with Gasteiger partial charge >= 0.3 is 0 Å². The number of nitrogens with zero attached hydrogens (tertiary/aromatic N) is 2. The molecule has 1 amide bonds. The molecule has 1 aromatic heterocycles. The van der Waals surface area contributed by atoms with Crippen LogP contribution in [0.3, 0.4) is 0 Å². The number of hydrogen-bond donors (Lipinski definition) is 0. The van der Waals surface area contributed by atoms with Crippen molar-refractivity contribution in [2.24, 2.45) is 5.92 Å². The van der Waals surface area contributed by atoms with Crippen molar-refractivity contribution in [1.29, 1.82) is 0 Å². The summed E-state index contributed by atoms with van der Waals surface area (Å²) in [4.78, 5) is 17.3. The van der Waals surface area contributed by atoms with Crippen molar-refractivity contribution in [2.75, 3.05) is 24.5 Å². The van der Waals surface area contributed by atoms with Gasteiger partial charge in [-0.25, -0.2) is 4.39 Å². The first-order valence-corrected chi connectivity index (χ1v) is 10.5. The van der Waals surface area contributed by atoms with E-state index in [4.69, 9.17) is 4.42 Å². The van der Waals surface area contributed by atoms with E-state index in [-0.39, 0.29) is 23.6 Å². The van der Waals surface area contributed by atoms with Gasteiger partial charge in [0.1, 0.15) is 5.82 Å². The number of likely N-dealkylation sites (tertiary alicyclic amines) is 1. The third-order valence-electron chi connectivity index (χ3n) is 5.90. The standard InChI is InChI=1S/C25H27FN2O2/c1-19-18-27(15-13-20-8-3-2-4-9-20)16-14-22(19)28(23-11-6-5-10-21(23)26)25(29)24-12-7-17-30-24/h2-12,17,19,22H,13-16,18H2,1H3/t19-,22+/m0/s1. The Morgan fingerprint density at radius 2 is 1.87 bits per heavy atom. The predicted octanol–water partition coefficient (Wildman–Crippen LogP) is 5.02. The molecule has 0 radical (unpaired) electrons. The minimum atomic E-state index is -0.392. The van der Waals surface area contributed by atoms with Crippen LogP contribution in [0.5, 0.6) is 0 Å². The molecule has 1 fully saturated rings. The number of halogens is 1. The van der Waals surface area contributed by atoms with E-state index in [1.807, 2.05) is 6.07 Å². The van der Waals surface area contributed by atoms with Gasteiger partial charge in [0.25, 0.3) is 5.91 Å². The lowest BCUT2D eigenvalue weighted by Crippen LogP contribution is -2.53. The molecule has 0 unspecified atom stereocenters. The van der Waals surface area contributed by atoms with Crippen molar-refractivity contribution in [3.63, 3.8) is 0 Å². The number of carbonyl (C=O) groups excluding carboxylic acids is 1. The topological polar surface area (TPSA) is 36.7 Å². The van der Waals surface area contributed by atoms with E-state index in [0.29, 0.717) is 5.69 Å². The molecule has 0 bridgehead atoms. The van der Waals surface area contributed by atoms with E-state index >= 15 is 0 Å². The smallest absolute Gasteiger partial charge is 0.294 e. The quantitative estimate of drug-likeness (QED) is 0.577. The van der Waals surface area contributed by atoms with E-state index in [1.165, 1.54) is 17.9 Å². The van der Waals surface area contributed by atoms with Crippen molar-refractivity contribution in [3.05, 3.63) is 90.1 Å². The first-order chi connectivity index (χ1) is 14.6. The second kappa shape index (κ2) is 9.26. The number of para-hydroxylation sites is 1. The molecule has 4 nitrogen and oxygen atoms in total. The van der Waals surface area contributed by atoms with E-state index in [1.54, 1.807) is 35.2 Å². The molecule has 0 aliphatic carbocycles. The minimum Gasteiger partial charge on any atom is -0.459 e. The van der Waals surface area contributed by atoms with Gasteiger partial charge in [0.05, 0.1) is 12.0 Å². The summed E-state index contributed by atoms with van der Waals surface area (Å²) in [7, 11) is 0. The molecule has 5 heteroatoms. The molecule has 0 N–H and O–H groups in total. The predicted molar refractivity (Wildman–Crippen MR) is 116 cm³/mol. The van der Waals surface area contributed by atoms with Crippen LogP contribution >= 0.6 is 0 Å². The van der Waals surface area contributed by atoms with Crippen LogP contribution in [0.15, 0.2) is 77.4 Å². The molecule has 2 aromatic carbocycles. The Morgan fingerprint density at radius 1 is 1.10 bits per heavy atom. The SMILES string of the molecule is C[C@H]1CN(CCc2ccccc2)CC[C@H]1N(C(=O)c1ccco1)c1ccccc1F. The number of piperidine rings is 1. The van der Waals surface area contributed by atoms with Crippen LogP contribution < -0.4 is 4.90 Å². The van der Waals surface area contributed by atoms with Gasteiger partial charge in [0.2, 0.25) is 0 Å². The summed E-state index contributed by atoms with van der Waals surface area (Å²) in [6.07, 6.45) is 3.26. The highest BCUT2D eigenvalue weighted by Crippen LogP contribution is 2.31. The highest BCUT2D eigenvalue weighted by Gasteiger charge is 2.36. The number of anilines is 1. The van der Waals surface area contributed by atoms with E-state index in [2.05, 4.69) is 36.1 Å². The summed E-state index contributed by atoms with van der Waals surface area (Å²) in [5.74, 6) is -0.249. The molecular weight excluding hydrogens is 379 g/mol. The Labute approximate surface area is 176 Å². The largest absolute Gasteiger partial charge is 0.459 e. The lowest BCUT2D eigenvalue weighted by molar-refractivity contribution is 0.0905. The summed E-state index contributed by atoms with van der Waals surface area (Å²) < 4.78 is 20.0. The van der Waals surface area contributed by atoms with Crippen molar-refractivity contribution < 1.29 is 13.6 Å². The maximum Gasteiger partial charge on any atom is 0.294 e. The van der Waals surface area contributed by atoms with Gasteiger partial charge in [-0.2, -0.15) is 0 Å². The molecule has 4 rings (SSSR count). The van der Waals surface area contributed by atoms with E-state index in [9.17, 15) is 9.18 Å². The van der Waals surface area contributed by atoms with Crippen LogP contribution in [0.1, 0.15) is 29.5 Å². The fourth-order valence-corrected chi connectivity index (χ4v) is 4.34. The Kier molecular flexibility index (Phi) is 6.29. The van der Waals surface area contributed by atoms with Crippen LogP contribution in [0.2, 0.25) is 0 Å². The first kappa shape index (κ1) is 20.4. The molecule has 156 valence electrons. The Balaban J connectivity index is 1.50. The maximum absolute atomic E-state index is 14.7. The monoisotopic (exact) mass is 406 g/mol. The fraction of sp³-hybridized carbons (Fsp3) is 0.320. The normalized spacial score (nSPS) is 19.5. The van der Waals surface area contributed by atoms with Crippen LogP contribution in [0.4, 0.5) is 10.1 Å².